The van der Waals surface area contributed by atoms with E-state index < -0.39 is 11.5 Å². The highest BCUT2D eigenvalue weighted by Gasteiger charge is 2.68. The zero-order valence-electron chi connectivity index (χ0n) is 20.6. The number of carbonyl (C=O) groups is 3. The Morgan fingerprint density at radius 1 is 1.12 bits per heavy atom. The summed E-state index contributed by atoms with van der Waals surface area (Å²) in [5.41, 5.74) is -0.366. The Morgan fingerprint density at radius 2 is 1.84 bits per heavy atom. The average Bonchev–Trinajstić information content (AvgIpc) is 2.93. The van der Waals surface area contributed by atoms with Gasteiger partial charge in [0.2, 0.25) is 5.91 Å². The summed E-state index contributed by atoms with van der Waals surface area (Å²) < 4.78 is 4.98. The van der Waals surface area contributed by atoms with Crippen molar-refractivity contribution in [3.63, 3.8) is 0 Å². The smallest absolute Gasteiger partial charge is 0.328 e. The second-order valence-electron chi connectivity index (χ2n) is 12.0. The molecule has 5 nitrogen and oxygen atoms in total. The summed E-state index contributed by atoms with van der Waals surface area (Å²) in [6, 6.07) is -0.581. The van der Waals surface area contributed by atoms with Gasteiger partial charge >= 0.3 is 5.97 Å². The second-order valence-corrected chi connectivity index (χ2v) is 13.0. The Bertz CT molecular complexity index is 801. The maximum atomic E-state index is 13.8. The van der Waals surface area contributed by atoms with Crippen LogP contribution in [0, 0.1) is 33.5 Å². The van der Waals surface area contributed by atoms with Crippen molar-refractivity contribution in [2.45, 2.75) is 91.0 Å². The largest absolute Gasteiger partial charge is 0.467 e. The van der Waals surface area contributed by atoms with Crippen LogP contribution in [0.1, 0.15) is 85.0 Å². The number of thioether (sulfide) groups is 1. The van der Waals surface area contributed by atoms with Crippen molar-refractivity contribution >= 4 is 29.4 Å². The Hall–Kier alpha value is -1.04. The predicted octanol–water partition coefficient (Wildman–Crippen LogP) is 4.77. The van der Waals surface area contributed by atoms with Gasteiger partial charge in [-0.05, 0) is 86.0 Å². The summed E-state index contributed by atoms with van der Waals surface area (Å²) in [7, 11) is 1.39. The minimum Gasteiger partial charge on any atom is -0.467 e. The van der Waals surface area contributed by atoms with Gasteiger partial charge in [-0.1, -0.05) is 27.2 Å². The number of methoxy groups -OCH3 is 1. The van der Waals surface area contributed by atoms with Gasteiger partial charge in [0.05, 0.1) is 7.11 Å². The van der Waals surface area contributed by atoms with Gasteiger partial charge in [-0.2, -0.15) is 11.8 Å². The second kappa shape index (κ2) is 8.32. The molecule has 0 aliphatic heterocycles. The van der Waals surface area contributed by atoms with Crippen molar-refractivity contribution < 1.29 is 19.1 Å². The fraction of sp³-hybridized carbons (Fsp3) is 0.885. The number of hydrogen-bond acceptors (Lipinski definition) is 5. The monoisotopic (exact) mass is 463 g/mol. The number of Topliss-reactive ketones (excluding diaryl/α,β-unsaturated/α-hetero) is 1. The highest BCUT2D eigenvalue weighted by molar-refractivity contribution is 7.98. The van der Waals surface area contributed by atoms with Crippen molar-refractivity contribution in [1.82, 2.24) is 5.32 Å². The molecule has 4 saturated carbocycles. The fourth-order valence-electron chi connectivity index (χ4n) is 8.73. The predicted molar refractivity (Wildman–Crippen MR) is 127 cm³/mol. The Labute approximate surface area is 197 Å². The van der Waals surface area contributed by atoms with Crippen molar-refractivity contribution in [3.05, 3.63) is 0 Å². The molecule has 0 saturated heterocycles. The first-order valence-electron chi connectivity index (χ1n) is 12.5. The van der Waals surface area contributed by atoms with Crippen LogP contribution >= 0.6 is 11.8 Å². The fourth-order valence-corrected chi connectivity index (χ4v) is 9.20. The topological polar surface area (TPSA) is 72.5 Å². The lowest BCUT2D eigenvalue weighted by atomic mass is 9.40. The quantitative estimate of drug-likeness (QED) is 0.575. The molecule has 0 radical (unpaired) electrons. The summed E-state index contributed by atoms with van der Waals surface area (Å²) in [6.45, 7) is 6.75. The van der Waals surface area contributed by atoms with Crippen LogP contribution in [0.4, 0.5) is 0 Å². The van der Waals surface area contributed by atoms with Crippen LogP contribution in [0.15, 0.2) is 0 Å². The number of ether oxygens (including phenoxy) is 1. The van der Waals surface area contributed by atoms with Crippen molar-refractivity contribution in [2.75, 3.05) is 19.1 Å². The van der Waals surface area contributed by atoms with Crippen LogP contribution in [0.25, 0.3) is 0 Å². The van der Waals surface area contributed by atoms with Crippen molar-refractivity contribution in [1.29, 1.82) is 0 Å². The summed E-state index contributed by atoms with van der Waals surface area (Å²) >= 11 is 1.67. The number of amides is 1. The zero-order chi connectivity index (χ0) is 23.4. The van der Waals surface area contributed by atoms with Gasteiger partial charge in [0, 0.05) is 17.3 Å². The van der Waals surface area contributed by atoms with Gasteiger partial charge < -0.3 is 10.1 Å². The molecule has 0 aromatic rings. The summed E-state index contributed by atoms with van der Waals surface area (Å²) in [5.74, 6) is 1.76. The van der Waals surface area contributed by atoms with Crippen molar-refractivity contribution in [2.24, 2.45) is 33.5 Å². The van der Waals surface area contributed by atoms with E-state index in [2.05, 4.69) is 26.1 Å². The van der Waals surface area contributed by atoms with Crippen LogP contribution in [0.5, 0.6) is 0 Å². The van der Waals surface area contributed by atoms with E-state index in [0.29, 0.717) is 24.0 Å². The lowest BCUT2D eigenvalue weighted by Crippen LogP contribution is -2.61. The van der Waals surface area contributed by atoms with E-state index in [0.717, 1.165) is 63.5 Å². The molecule has 180 valence electrons. The molecule has 1 N–H and O–H groups in total. The normalized spacial score (nSPS) is 43.7. The lowest BCUT2D eigenvalue weighted by Gasteiger charge is -2.64. The summed E-state index contributed by atoms with van der Waals surface area (Å²) in [6.07, 6.45) is 11.6. The first kappa shape index (κ1) is 24.1. The molecule has 0 aromatic heterocycles. The van der Waals surface area contributed by atoms with Crippen LogP contribution in [0.2, 0.25) is 0 Å². The van der Waals surface area contributed by atoms with Crippen LogP contribution in [-0.2, 0) is 19.1 Å². The third kappa shape index (κ3) is 3.54. The molecule has 4 rings (SSSR count). The molecule has 1 amide bonds. The lowest BCUT2D eigenvalue weighted by molar-refractivity contribution is -0.171. The van der Waals surface area contributed by atoms with Crippen molar-refractivity contribution in [3.8, 4) is 0 Å². The summed E-state index contributed by atoms with van der Waals surface area (Å²) in [4.78, 5) is 39.0. The van der Waals surface area contributed by atoms with Gasteiger partial charge in [0.15, 0.2) is 0 Å². The number of rotatable bonds is 6. The van der Waals surface area contributed by atoms with Crippen LogP contribution in [0.3, 0.4) is 0 Å². The third-order valence-electron chi connectivity index (χ3n) is 10.3. The minimum absolute atomic E-state index is 0.0176. The molecule has 6 heteroatoms. The molecule has 32 heavy (non-hydrogen) atoms. The van der Waals surface area contributed by atoms with Gasteiger partial charge in [0.1, 0.15) is 11.8 Å². The molecule has 0 aromatic carbocycles. The number of ketones is 1. The van der Waals surface area contributed by atoms with E-state index in [1.165, 1.54) is 7.11 Å². The van der Waals surface area contributed by atoms with E-state index in [4.69, 9.17) is 4.74 Å². The molecular weight excluding hydrogens is 422 g/mol. The molecule has 1 spiro atoms. The molecule has 0 unspecified atom stereocenters. The van der Waals surface area contributed by atoms with Gasteiger partial charge in [-0.25, -0.2) is 4.79 Å². The van der Waals surface area contributed by atoms with E-state index >= 15 is 0 Å². The average molecular weight is 464 g/mol. The number of carbonyl (C=O) groups excluding carboxylic acids is 3. The van der Waals surface area contributed by atoms with Gasteiger partial charge in [-0.3, -0.25) is 9.59 Å². The summed E-state index contributed by atoms with van der Waals surface area (Å²) in [5, 5.41) is 3.10. The molecule has 4 fully saturated rings. The Balaban J connectivity index is 1.59. The Morgan fingerprint density at radius 3 is 2.53 bits per heavy atom. The molecule has 4 aliphatic carbocycles. The number of fused-ring (bicyclic) bond motifs is 3. The standard InChI is InChI=1S/C26H41NO4S/c1-23-12-7-19-24(2)10-6-11-25(3,18(24)8-13-26(19,16-23)15-20(23)28)22(30)27-17(9-14-32-5)21(29)31-4/h17-19H,6-16H2,1-5H3,(H,27,30)/t17-,18-,19-,23-,24+,25+,26-/m0/s1. The van der Waals surface area contributed by atoms with E-state index in [1.807, 2.05) is 6.26 Å². The van der Waals surface area contributed by atoms with E-state index in [9.17, 15) is 14.4 Å². The maximum absolute atomic E-state index is 13.8. The number of esters is 1. The minimum atomic E-state index is -0.581. The molecule has 2 bridgehead atoms. The van der Waals surface area contributed by atoms with E-state index in [-0.39, 0.29) is 28.1 Å². The van der Waals surface area contributed by atoms with E-state index in [1.54, 1.807) is 11.8 Å². The Kier molecular flexibility index (Phi) is 6.26. The van der Waals surface area contributed by atoms with Gasteiger partial charge in [-0.15, -0.1) is 0 Å². The highest BCUT2D eigenvalue weighted by Crippen LogP contribution is 2.72. The SMILES string of the molecule is COC(=O)[C@H](CCSC)NC(=O)[C@]1(C)CCC[C@@]2(C)[C@@H]3CC[C@@]4(C)C[C@]3(CC[C@@H]21)CC4=O. The van der Waals surface area contributed by atoms with Crippen LogP contribution in [-0.4, -0.2) is 42.8 Å². The third-order valence-corrected chi connectivity index (χ3v) is 10.9. The van der Waals surface area contributed by atoms with Crippen LogP contribution < -0.4 is 5.32 Å². The zero-order valence-corrected chi connectivity index (χ0v) is 21.4. The number of hydrogen-bond donors (Lipinski definition) is 1. The maximum Gasteiger partial charge on any atom is 0.328 e. The molecule has 4 aliphatic rings. The molecular formula is C26H41NO4S. The first-order valence-corrected chi connectivity index (χ1v) is 13.9. The molecule has 7 atom stereocenters. The number of nitrogens with one attached hydrogen (secondary N) is 1. The molecule has 0 heterocycles. The first-order chi connectivity index (χ1) is 15.0. The highest BCUT2D eigenvalue weighted by atomic mass is 32.2. The van der Waals surface area contributed by atoms with Gasteiger partial charge in [0.25, 0.3) is 0 Å².